The number of amidine groups is 1. The summed E-state index contributed by atoms with van der Waals surface area (Å²) in [5, 5.41) is -0.286. The summed E-state index contributed by atoms with van der Waals surface area (Å²) in [5.74, 6) is 1.28. The molecule has 0 spiro atoms. The van der Waals surface area contributed by atoms with Crippen LogP contribution in [0.5, 0.6) is 0 Å². The normalized spacial score (nSPS) is 13.9. The molecule has 0 radical (unpaired) electrons. The molecule has 17 heavy (non-hydrogen) atoms. The van der Waals surface area contributed by atoms with Gasteiger partial charge in [-0.1, -0.05) is 0 Å². The first-order chi connectivity index (χ1) is 8.04. The van der Waals surface area contributed by atoms with Gasteiger partial charge in [0.25, 0.3) is 0 Å². The lowest BCUT2D eigenvalue weighted by Gasteiger charge is -2.16. The van der Waals surface area contributed by atoms with Gasteiger partial charge in [-0.2, -0.15) is 0 Å². The Balaban J connectivity index is 4.00. The number of aldehydes is 1. The average Bonchev–Trinajstić information content (AvgIpc) is 2.35. The van der Waals surface area contributed by atoms with E-state index in [1.807, 2.05) is 6.66 Å². The molecule has 0 saturated carbocycles. The van der Waals surface area contributed by atoms with Crippen LogP contribution in [0.3, 0.4) is 0 Å². The molecule has 0 heterocycles. The third-order valence-electron chi connectivity index (χ3n) is 2.21. The Hall–Kier alpha value is -0.610. The van der Waals surface area contributed by atoms with Crippen molar-refractivity contribution < 1.29 is 9.59 Å². The zero-order valence-electron chi connectivity index (χ0n) is 10.5. The molecule has 0 aliphatic heterocycles. The number of nitrogens with zero attached hydrogens (tertiary/aromatic N) is 2. The van der Waals surface area contributed by atoms with Crippen LogP contribution in [0.25, 0.3) is 0 Å². The van der Waals surface area contributed by atoms with Gasteiger partial charge in [0, 0.05) is 32.7 Å². The Kier molecular flexibility index (Phi) is 9.09. The number of aliphatic imine (C=N–C) groups is 1. The van der Waals surface area contributed by atoms with E-state index in [9.17, 15) is 9.59 Å². The molecule has 0 fully saturated rings. The molecule has 98 valence electrons. The number of hydrogen-bond acceptors (Lipinski definition) is 4. The second-order valence-electron chi connectivity index (χ2n) is 3.39. The van der Waals surface area contributed by atoms with E-state index in [0.29, 0.717) is 26.7 Å². The Morgan fingerprint density at radius 2 is 2.29 bits per heavy atom. The first kappa shape index (κ1) is 16.4. The van der Waals surface area contributed by atoms with Crippen LogP contribution < -0.4 is 5.73 Å². The van der Waals surface area contributed by atoms with E-state index in [1.54, 1.807) is 18.8 Å². The van der Waals surface area contributed by atoms with Crippen molar-refractivity contribution in [3.63, 3.8) is 0 Å². The third-order valence-corrected chi connectivity index (χ3v) is 4.28. The maximum absolute atomic E-state index is 11.6. The number of thioether (sulfide) groups is 1. The van der Waals surface area contributed by atoms with Gasteiger partial charge in [-0.05, 0) is 15.4 Å². The van der Waals surface area contributed by atoms with Crippen molar-refractivity contribution in [1.29, 1.82) is 0 Å². The van der Waals surface area contributed by atoms with Gasteiger partial charge in [0.05, 0.1) is 11.1 Å². The van der Waals surface area contributed by atoms with Crippen LogP contribution in [0.2, 0.25) is 0 Å². The smallest absolute Gasteiger partial charge is 0.226 e. The van der Waals surface area contributed by atoms with Crippen LogP contribution in [-0.4, -0.2) is 54.5 Å². The third kappa shape index (κ3) is 7.34. The molecule has 0 aromatic rings. The van der Waals surface area contributed by atoms with Gasteiger partial charge in [0.2, 0.25) is 5.91 Å². The summed E-state index contributed by atoms with van der Waals surface area (Å²) < 4.78 is 1.64. The van der Waals surface area contributed by atoms with E-state index in [0.717, 1.165) is 6.29 Å². The number of nitrogens with two attached hydrogens (primary N) is 1. The van der Waals surface area contributed by atoms with Crippen molar-refractivity contribution in [3.8, 4) is 0 Å². The van der Waals surface area contributed by atoms with E-state index in [-0.39, 0.29) is 17.6 Å². The summed E-state index contributed by atoms with van der Waals surface area (Å²) in [6.45, 7) is 1.93. The highest BCUT2D eigenvalue weighted by Gasteiger charge is 2.15. The highest BCUT2D eigenvalue weighted by Crippen LogP contribution is 2.18. The zero-order chi connectivity index (χ0) is 13.3. The molecule has 2 atom stereocenters. The highest BCUT2D eigenvalue weighted by atomic mass is 32.2. The average molecular weight is 277 g/mol. The van der Waals surface area contributed by atoms with Gasteiger partial charge >= 0.3 is 0 Å². The topological polar surface area (TPSA) is 75.8 Å². The predicted octanol–water partition coefficient (Wildman–Crippen LogP) is 0.736. The van der Waals surface area contributed by atoms with Gasteiger partial charge < -0.3 is 15.2 Å². The summed E-state index contributed by atoms with van der Waals surface area (Å²) in [6.07, 6.45) is 1.73. The summed E-state index contributed by atoms with van der Waals surface area (Å²) >= 11 is 1.45. The Bertz CT molecular complexity index is 287. The Morgan fingerprint density at radius 1 is 1.65 bits per heavy atom. The fourth-order valence-corrected chi connectivity index (χ4v) is 2.32. The lowest BCUT2D eigenvalue weighted by atomic mass is 10.3. The van der Waals surface area contributed by atoms with Crippen molar-refractivity contribution in [1.82, 2.24) is 4.67 Å². The van der Waals surface area contributed by atoms with E-state index in [2.05, 4.69) is 4.99 Å². The van der Waals surface area contributed by atoms with E-state index >= 15 is 0 Å². The fourth-order valence-electron chi connectivity index (χ4n) is 1.01. The van der Waals surface area contributed by atoms with Crippen molar-refractivity contribution in [2.24, 2.45) is 10.7 Å². The molecule has 0 aromatic carbocycles. The minimum absolute atomic E-state index is 0.00700. The number of carbonyl (C=O) groups excluding carboxylic acids is 2. The summed E-state index contributed by atoms with van der Waals surface area (Å²) in [5.41, 5.74) is 5.55. The van der Waals surface area contributed by atoms with E-state index < -0.39 is 0 Å². The van der Waals surface area contributed by atoms with Crippen LogP contribution >= 0.6 is 20.5 Å². The van der Waals surface area contributed by atoms with Crippen molar-refractivity contribution in [2.75, 3.05) is 26.5 Å². The Labute approximate surface area is 108 Å². The monoisotopic (exact) mass is 277 g/mol. The van der Waals surface area contributed by atoms with E-state index in [4.69, 9.17) is 5.73 Å². The lowest BCUT2D eigenvalue weighted by Crippen LogP contribution is -2.23. The molecule has 2 N–H and O–H groups in total. The van der Waals surface area contributed by atoms with Crippen molar-refractivity contribution >= 4 is 38.5 Å². The summed E-state index contributed by atoms with van der Waals surface area (Å²) in [6, 6.07) is 0. The summed E-state index contributed by atoms with van der Waals surface area (Å²) in [4.78, 5) is 26.3. The van der Waals surface area contributed by atoms with Gasteiger partial charge in [0.15, 0.2) is 0 Å². The van der Waals surface area contributed by atoms with Crippen LogP contribution in [-0.2, 0) is 9.59 Å². The first-order valence-electron chi connectivity index (χ1n) is 5.27. The number of hydrogen-bond donors (Lipinski definition) is 1. The predicted molar refractivity (Wildman–Crippen MR) is 76.1 cm³/mol. The SMILES string of the molecule is CN=C(N)CCSC(C=O)CC(=O)N(C)PC. The molecule has 0 saturated heterocycles. The van der Waals surface area contributed by atoms with Gasteiger partial charge in [-0.3, -0.25) is 9.79 Å². The summed E-state index contributed by atoms with van der Waals surface area (Å²) in [7, 11) is 3.81. The number of rotatable bonds is 8. The van der Waals surface area contributed by atoms with E-state index in [1.165, 1.54) is 11.8 Å². The van der Waals surface area contributed by atoms with Crippen LogP contribution in [0.15, 0.2) is 4.99 Å². The molecule has 0 aromatic heterocycles. The highest BCUT2D eigenvalue weighted by molar-refractivity contribution is 8.00. The lowest BCUT2D eigenvalue weighted by molar-refractivity contribution is -0.126. The fraction of sp³-hybridized carbons (Fsp3) is 0.700. The van der Waals surface area contributed by atoms with Gasteiger partial charge in [-0.15, -0.1) is 11.8 Å². The molecule has 0 aliphatic carbocycles. The largest absolute Gasteiger partial charge is 0.387 e. The van der Waals surface area contributed by atoms with Crippen molar-refractivity contribution in [3.05, 3.63) is 0 Å². The maximum Gasteiger partial charge on any atom is 0.226 e. The maximum atomic E-state index is 11.6. The first-order valence-corrected chi connectivity index (χ1v) is 7.76. The molecule has 7 heteroatoms. The standard InChI is InChI=1S/C10H20N3O2PS/c1-12-9(11)4-5-17-8(7-14)6-10(15)13(2)16-3/h7-8,16H,4-6H2,1-3H3,(H2,11,12). The number of amides is 1. The minimum Gasteiger partial charge on any atom is -0.387 e. The molecule has 2 unspecified atom stereocenters. The second-order valence-corrected chi connectivity index (χ2v) is 5.86. The van der Waals surface area contributed by atoms with Crippen LogP contribution in [0.4, 0.5) is 0 Å². The molecule has 0 bridgehead atoms. The quantitative estimate of drug-likeness (QED) is 0.307. The molecule has 5 nitrogen and oxygen atoms in total. The molecule has 0 aliphatic rings. The van der Waals surface area contributed by atoms with Crippen LogP contribution in [0, 0.1) is 0 Å². The van der Waals surface area contributed by atoms with Crippen LogP contribution in [0.1, 0.15) is 12.8 Å². The second kappa shape index (κ2) is 9.42. The van der Waals surface area contributed by atoms with Gasteiger partial charge in [0.1, 0.15) is 6.29 Å². The molecular weight excluding hydrogens is 257 g/mol. The molecule has 0 rings (SSSR count). The molecular formula is C10H20N3O2PS. The molecule has 1 amide bonds. The number of carbonyl (C=O) groups is 2. The van der Waals surface area contributed by atoms with Gasteiger partial charge in [-0.25, -0.2) is 0 Å². The zero-order valence-corrected chi connectivity index (χ0v) is 12.3. The van der Waals surface area contributed by atoms with Crippen molar-refractivity contribution in [2.45, 2.75) is 18.1 Å². The minimum atomic E-state index is -0.286. The Morgan fingerprint density at radius 3 is 2.76 bits per heavy atom.